The number of nitrogens with zero attached hydrogens (tertiary/aromatic N) is 1. The summed E-state index contributed by atoms with van der Waals surface area (Å²) in [4.78, 5) is 11.6. The number of hydrogen-bond donors (Lipinski definition) is 1. The normalized spacial score (nSPS) is 16.9. The highest BCUT2D eigenvalue weighted by Gasteiger charge is 2.25. The lowest BCUT2D eigenvalue weighted by atomic mass is 10.2. The van der Waals surface area contributed by atoms with Gasteiger partial charge in [0.1, 0.15) is 0 Å². The lowest BCUT2D eigenvalue weighted by molar-refractivity contribution is -0.113. The molecular formula is C13H17BrN2O3S. The van der Waals surface area contributed by atoms with E-state index in [1.165, 1.54) is 10.4 Å². The van der Waals surface area contributed by atoms with Crippen LogP contribution < -0.4 is 5.32 Å². The number of rotatable bonds is 4. The first kappa shape index (κ1) is 15.5. The molecule has 5 nitrogen and oxygen atoms in total. The molecule has 1 aliphatic rings. The average Bonchev–Trinajstić information content (AvgIpc) is 2.48. The van der Waals surface area contributed by atoms with Crippen LogP contribution in [0.3, 0.4) is 0 Å². The van der Waals surface area contributed by atoms with Gasteiger partial charge in [-0.25, -0.2) is 8.42 Å². The molecule has 1 fully saturated rings. The second-order valence-electron chi connectivity index (χ2n) is 4.67. The quantitative estimate of drug-likeness (QED) is 0.836. The largest absolute Gasteiger partial charge is 0.325 e. The first-order valence-electron chi connectivity index (χ1n) is 6.50. The molecule has 0 atom stereocenters. The number of benzene rings is 1. The fourth-order valence-corrected chi connectivity index (χ4v) is 3.89. The number of hydrogen-bond acceptors (Lipinski definition) is 3. The van der Waals surface area contributed by atoms with Crippen LogP contribution in [0.25, 0.3) is 0 Å². The fraction of sp³-hybridized carbons (Fsp3) is 0.462. The zero-order valence-electron chi connectivity index (χ0n) is 11.0. The number of piperidine rings is 1. The van der Waals surface area contributed by atoms with Crippen LogP contribution in [-0.2, 0) is 14.8 Å². The van der Waals surface area contributed by atoms with Crippen LogP contribution in [0.2, 0.25) is 0 Å². The highest BCUT2D eigenvalue weighted by Crippen LogP contribution is 2.22. The van der Waals surface area contributed by atoms with E-state index in [2.05, 4.69) is 21.2 Å². The summed E-state index contributed by atoms with van der Waals surface area (Å²) in [5, 5.41) is 2.81. The first-order valence-corrected chi connectivity index (χ1v) is 9.06. The van der Waals surface area contributed by atoms with Crippen LogP contribution >= 0.6 is 15.9 Å². The van der Waals surface area contributed by atoms with Gasteiger partial charge in [0.05, 0.1) is 10.2 Å². The molecule has 0 radical (unpaired) electrons. The molecule has 1 aliphatic heterocycles. The lowest BCUT2D eigenvalue weighted by Gasteiger charge is -2.26. The molecule has 0 aromatic heterocycles. The van der Waals surface area contributed by atoms with Crippen LogP contribution in [0.5, 0.6) is 0 Å². The molecule has 0 unspecified atom stereocenters. The average molecular weight is 361 g/mol. The van der Waals surface area contributed by atoms with E-state index in [1.54, 1.807) is 18.2 Å². The van der Waals surface area contributed by atoms with E-state index in [0.717, 1.165) is 19.3 Å². The van der Waals surface area contributed by atoms with E-state index in [-0.39, 0.29) is 16.1 Å². The fourth-order valence-electron chi connectivity index (χ4n) is 2.18. The molecule has 1 amide bonds. The van der Waals surface area contributed by atoms with E-state index < -0.39 is 10.0 Å². The number of amides is 1. The van der Waals surface area contributed by atoms with Gasteiger partial charge in [-0.05, 0) is 31.0 Å². The van der Waals surface area contributed by atoms with E-state index in [9.17, 15) is 13.2 Å². The minimum atomic E-state index is -3.46. The Bertz CT molecular complexity index is 583. The van der Waals surface area contributed by atoms with Crippen molar-refractivity contribution >= 4 is 37.5 Å². The Balaban J connectivity index is 2.23. The molecule has 20 heavy (non-hydrogen) atoms. The van der Waals surface area contributed by atoms with Crippen LogP contribution in [-0.4, -0.2) is 37.0 Å². The second-order valence-corrected chi connectivity index (χ2v) is 7.17. The van der Waals surface area contributed by atoms with Crippen LogP contribution in [0.1, 0.15) is 19.3 Å². The molecule has 110 valence electrons. The van der Waals surface area contributed by atoms with Gasteiger partial charge in [0.25, 0.3) is 0 Å². The van der Waals surface area contributed by atoms with Crippen molar-refractivity contribution in [2.45, 2.75) is 24.2 Å². The molecule has 7 heteroatoms. The molecule has 0 spiro atoms. The summed E-state index contributed by atoms with van der Waals surface area (Å²) in [6, 6.07) is 6.38. The topological polar surface area (TPSA) is 66.5 Å². The summed E-state index contributed by atoms with van der Waals surface area (Å²) in [7, 11) is -3.46. The Kier molecular flexibility index (Phi) is 5.17. The third kappa shape index (κ3) is 3.59. The molecule has 1 saturated heterocycles. The summed E-state index contributed by atoms with van der Waals surface area (Å²) in [6.45, 7) is 1.14. The predicted molar refractivity (Wildman–Crippen MR) is 81.5 cm³/mol. The second kappa shape index (κ2) is 6.69. The summed E-state index contributed by atoms with van der Waals surface area (Å²) < 4.78 is 26.5. The number of halogens is 1. The Morgan fingerprint density at radius 2 is 1.95 bits per heavy atom. The maximum Gasteiger partial charge on any atom is 0.243 e. The molecular weight excluding hydrogens is 344 g/mol. The third-order valence-electron chi connectivity index (χ3n) is 3.19. The van der Waals surface area contributed by atoms with E-state index >= 15 is 0 Å². The Labute approximate surface area is 127 Å². The summed E-state index contributed by atoms with van der Waals surface area (Å²) in [6.07, 6.45) is 2.88. The number of anilines is 1. The first-order chi connectivity index (χ1) is 9.54. The molecule has 1 aromatic carbocycles. The SMILES string of the molecule is O=C(CBr)Nc1cccc(S(=O)(=O)N2CCCCC2)c1. The van der Waals surface area contributed by atoms with Gasteiger partial charge in [0.15, 0.2) is 0 Å². The zero-order valence-corrected chi connectivity index (χ0v) is 13.4. The van der Waals surface area contributed by atoms with Gasteiger partial charge in [-0.1, -0.05) is 28.4 Å². The standard InChI is InChI=1S/C13H17BrN2O3S/c14-10-13(17)15-11-5-4-6-12(9-11)20(18,19)16-7-2-1-3-8-16/h4-6,9H,1-3,7-8,10H2,(H,15,17). The van der Waals surface area contributed by atoms with Crippen LogP contribution in [0.4, 0.5) is 5.69 Å². The van der Waals surface area contributed by atoms with Crippen molar-refractivity contribution in [2.75, 3.05) is 23.7 Å². The van der Waals surface area contributed by atoms with Crippen molar-refractivity contribution in [2.24, 2.45) is 0 Å². The Hall–Kier alpha value is -0.920. The molecule has 1 N–H and O–H groups in total. The van der Waals surface area contributed by atoms with Crippen molar-refractivity contribution in [3.05, 3.63) is 24.3 Å². The number of carbonyl (C=O) groups excluding carboxylic acids is 1. The summed E-state index contributed by atoms with van der Waals surface area (Å²) >= 11 is 3.05. The van der Waals surface area contributed by atoms with Crippen molar-refractivity contribution in [3.8, 4) is 0 Å². The van der Waals surface area contributed by atoms with Gasteiger partial charge >= 0.3 is 0 Å². The van der Waals surface area contributed by atoms with Crippen LogP contribution in [0, 0.1) is 0 Å². The minimum absolute atomic E-state index is 0.177. The van der Waals surface area contributed by atoms with Gasteiger partial charge < -0.3 is 5.32 Å². The lowest BCUT2D eigenvalue weighted by Crippen LogP contribution is -2.35. The molecule has 0 bridgehead atoms. The van der Waals surface area contributed by atoms with Gasteiger partial charge in [-0.2, -0.15) is 4.31 Å². The van der Waals surface area contributed by atoms with Gasteiger partial charge in [0.2, 0.25) is 15.9 Å². The number of sulfonamides is 1. The van der Waals surface area contributed by atoms with Gasteiger partial charge in [0, 0.05) is 18.8 Å². The third-order valence-corrected chi connectivity index (χ3v) is 5.60. The molecule has 0 saturated carbocycles. The number of carbonyl (C=O) groups is 1. The molecule has 2 rings (SSSR count). The van der Waals surface area contributed by atoms with Crippen molar-refractivity contribution in [1.29, 1.82) is 0 Å². The van der Waals surface area contributed by atoms with Crippen LogP contribution in [0.15, 0.2) is 29.2 Å². The maximum absolute atomic E-state index is 12.5. The van der Waals surface area contributed by atoms with Crippen molar-refractivity contribution in [1.82, 2.24) is 4.31 Å². The van der Waals surface area contributed by atoms with Gasteiger partial charge in [-0.15, -0.1) is 0 Å². The molecule has 1 aromatic rings. The summed E-state index contributed by atoms with van der Waals surface area (Å²) in [5.74, 6) is -0.211. The Morgan fingerprint density at radius 1 is 1.25 bits per heavy atom. The van der Waals surface area contributed by atoms with Crippen molar-refractivity contribution in [3.63, 3.8) is 0 Å². The maximum atomic E-state index is 12.5. The summed E-state index contributed by atoms with van der Waals surface area (Å²) in [5.41, 5.74) is 0.493. The van der Waals surface area contributed by atoms with E-state index in [0.29, 0.717) is 18.8 Å². The minimum Gasteiger partial charge on any atom is -0.325 e. The predicted octanol–water partition coefficient (Wildman–Crippen LogP) is 2.19. The number of alkyl halides is 1. The van der Waals surface area contributed by atoms with Gasteiger partial charge in [-0.3, -0.25) is 4.79 Å². The molecule has 0 aliphatic carbocycles. The number of nitrogens with one attached hydrogen (secondary N) is 1. The van der Waals surface area contributed by atoms with E-state index in [1.807, 2.05) is 0 Å². The Morgan fingerprint density at radius 3 is 2.60 bits per heavy atom. The highest BCUT2D eigenvalue weighted by atomic mass is 79.9. The zero-order chi connectivity index (χ0) is 14.6. The monoisotopic (exact) mass is 360 g/mol. The smallest absolute Gasteiger partial charge is 0.243 e. The highest BCUT2D eigenvalue weighted by molar-refractivity contribution is 9.09. The van der Waals surface area contributed by atoms with Crippen molar-refractivity contribution < 1.29 is 13.2 Å². The van der Waals surface area contributed by atoms with E-state index in [4.69, 9.17) is 0 Å². The molecule has 1 heterocycles.